The zero-order chi connectivity index (χ0) is 16.3. The largest absolute Gasteiger partial charge is 0.0625 e. The molecule has 5 fully saturated rings. The molecule has 5 aliphatic rings. The van der Waals surface area contributed by atoms with Crippen LogP contribution in [0.3, 0.4) is 0 Å². The van der Waals surface area contributed by atoms with Crippen LogP contribution in [0, 0.1) is 70.0 Å². The zero-order valence-electron chi connectivity index (χ0n) is 16.3. The van der Waals surface area contributed by atoms with E-state index in [0.717, 1.165) is 70.0 Å². The molecule has 0 bridgehead atoms. The van der Waals surface area contributed by atoms with E-state index in [1.54, 1.807) is 32.1 Å². The first-order chi connectivity index (χ1) is 10.8. The van der Waals surface area contributed by atoms with E-state index in [4.69, 9.17) is 0 Å². The Bertz CT molecular complexity index is 520. The molecule has 0 saturated heterocycles. The summed E-state index contributed by atoms with van der Waals surface area (Å²) >= 11 is 0. The fourth-order valence-electron chi connectivity index (χ4n) is 8.97. The summed E-state index contributed by atoms with van der Waals surface area (Å²) in [4.78, 5) is 0. The molecule has 5 rings (SSSR count). The van der Waals surface area contributed by atoms with Gasteiger partial charge in [-0.05, 0) is 102 Å². The smallest absolute Gasteiger partial charge is 0.0201 e. The van der Waals surface area contributed by atoms with Gasteiger partial charge in [0.1, 0.15) is 0 Å². The Morgan fingerprint density at radius 1 is 0.783 bits per heavy atom. The summed E-state index contributed by atoms with van der Waals surface area (Å²) in [5, 5.41) is 0. The minimum absolute atomic E-state index is 0.774. The lowest BCUT2D eigenvalue weighted by molar-refractivity contribution is -0.171. The van der Waals surface area contributed by atoms with Crippen molar-refractivity contribution in [1.82, 2.24) is 0 Å². The maximum atomic E-state index is 2.67. The quantitative estimate of drug-likeness (QED) is 0.564. The summed E-state index contributed by atoms with van der Waals surface area (Å²) < 4.78 is 0. The van der Waals surface area contributed by atoms with E-state index in [1.807, 2.05) is 0 Å². The molecule has 130 valence electrons. The molecule has 0 aliphatic heterocycles. The lowest BCUT2D eigenvalue weighted by Gasteiger charge is -2.65. The van der Waals surface area contributed by atoms with Gasteiger partial charge in [-0.3, -0.25) is 0 Å². The van der Waals surface area contributed by atoms with E-state index in [-0.39, 0.29) is 0 Å². The highest BCUT2D eigenvalue weighted by molar-refractivity contribution is 5.27. The summed E-state index contributed by atoms with van der Waals surface area (Å²) in [6.07, 6.45) is 8.04. The van der Waals surface area contributed by atoms with Gasteiger partial charge in [-0.25, -0.2) is 0 Å². The van der Waals surface area contributed by atoms with E-state index < -0.39 is 0 Å². The van der Waals surface area contributed by atoms with Crippen LogP contribution >= 0.6 is 0 Å². The van der Waals surface area contributed by atoms with Crippen molar-refractivity contribution < 1.29 is 0 Å². The van der Waals surface area contributed by atoms with E-state index in [0.29, 0.717) is 0 Å². The second-order valence-corrected chi connectivity index (χ2v) is 11.3. The van der Waals surface area contributed by atoms with Crippen LogP contribution in [0.5, 0.6) is 0 Å². The van der Waals surface area contributed by atoms with Crippen LogP contribution in [0.2, 0.25) is 0 Å². The van der Waals surface area contributed by atoms with Crippen molar-refractivity contribution in [3.05, 3.63) is 0 Å². The Balaban J connectivity index is 1.45. The van der Waals surface area contributed by atoms with Gasteiger partial charge < -0.3 is 0 Å². The van der Waals surface area contributed by atoms with E-state index in [9.17, 15) is 0 Å². The van der Waals surface area contributed by atoms with Gasteiger partial charge in [0, 0.05) is 0 Å². The second kappa shape index (κ2) is 4.39. The van der Waals surface area contributed by atoms with Crippen LogP contribution in [-0.2, 0) is 0 Å². The van der Waals surface area contributed by atoms with Crippen molar-refractivity contribution in [1.29, 1.82) is 0 Å². The Morgan fingerprint density at radius 3 is 2.09 bits per heavy atom. The highest BCUT2D eigenvalue weighted by atomic mass is 14.8. The van der Waals surface area contributed by atoms with Gasteiger partial charge in [0.25, 0.3) is 0 Å². The molecule has 11 atom stereocenters. The van der Waals surface area contributed by atoms with Gasteiger partial charge in [0.05, 0.1) is 0 Å². The molecule has 0 amide bonds. The molecule has 0 aromatic rings. The van der Waals surface area contributed by atoms with Crippen molar-refractivity contribution in [2.75, 3.05) is 0 Å². The predicted molar refractivity (Wildman–Crippen MR) is 96.9 cm³/mol. The average molecular weight is 315 g/mol. The van der Waals surface area contributed by atoms with E-state index in [2.05, 4.69) is 41.5 Å². The third kappa shape index (κ3) is 1.61. The Labute approximate surface area is 144 Å². The molecule has 0 heteroatoms. The highest BCUT2D eigenvalue weighted by Crippen LogP contribution is 2.85. The minimum Gasteiger partial charge on any atom is -0.0625 e. The van der Waals surface area contributed by atoms with Crippen molar-refractivity contribution in [2.45, 2.75) is 73.6 Å². The average Bonchev–Trinajstić information content (AvgIpc) is 3.32. The van der Waals surface area contributed by atoms with Crippen LogP contribution in [0.1, 0.15) is 73.6 Å². The van der Waals surface area contributed by atoms with Crippen LogP contribution in [0.4, 0.5) is 0 Å². The molecule has 5 saturated carbocycles. The van der Waals surface area contributed by atoms with Crippen molar-refractivity contribution in [3.8, 4) is 0 Å². The molecule has 11 unspecified atom stereocenters. The molecular weight excluding hydrogens is 276 g/mol. The SMILES string of the molecule is CC(C)C(C)C1CC2(CC3C(C)C3C23CCC2C(C)C2C3)C1C. The summed E-state index contributed by atoms with van der Waals surface area (Å²) in [7, 11) is 0. The van der Waals surface area contributed by atoms with Crippen molar-refractivity contribution >= 4 is 0 Å². The van der Waals surface area contributed by atoms with Gasteiger partial charge in [-0.1, -0.05) is 41.5 Å². The van der Waals surface area contributed by atoms with Gasteiger partial charge in [0.2, 0.25) is 0 Å². The van der Waals surface area contributed by atoms with E-state index in [1.165, 1.54) is 0 Å². The van der Waals surface area contributed by atoms with Crippen LogP contribution < -0.4 is 0 Å². The fourth-order valence-corrected chi connectivity index (χ4v) is 8.97. The molecule has 0 aromatic carbocycles. The number of hydrogen-bond acceptors (Lipinski definition) is 0. The van der Waals surface area contributed by atoms with Crippen LogP contribution in [0.15, 0.2) is 0 Å². The van der Waals surface area contributed by atoms with Gasteiger partial charge in [-0.2, -0.15) is 0 Å². The normalized spacial score (nSPS) is 63.8. The Kier molecular flexibility index (Phi) is 2.92. The van der Waals surface area contributed by atoms with Gasteiger partial charge >= 0.3 is 0 Å². The topological polar surface area (TPSA) is 0 Å². The maximum absolute atomic E-state index is 2.67. The molecule has 2 spiro atoms. The molecule has 0 nitrogen and oxygen atoms in total. The first-order valence-corrected chi connectivity index (χ1v) is 10.8. The summed E-state index contributed by atoms with van der Waals surface area (Å²) in [6, 6.07) is 0. The lowest BCUT2D eigenvalue weighted by atomic mass is 9.39. The van der Waals surface area contributed by atoms with Crippen LogP contribution in [0.25, 0.3) is 0 Å². The maximum Gasteiger partial charge on any atom is -0.0201 e. The van der Waals surface area contributed by atoms with Gasteiger partial charge in [-0.15, -0.1) is 0 Å². The molecule has 23 heavy (non-hydrogen) atoms. The van der Waals surface area contributed by atoms with Crippen molar-refractivity contribution in [3.63, 3.8) is 0 Å². The molecule has 0 aromatic heterocycles. The summed E-state index contributed by atoms with van der Waals surface area (Å²) in [5.74, 6) is 10.5. The number of rotatable bonds is 2. The van der Waals surface area contributed by atoms with Crippen LogP contribution in [-0.4, -0.2) is 0 Å². The predicted octanol–water partition coefficient (Wildman–Crippen LogP) is 6.26. The molecule has 0 radical (unpaired) electrons. The molecule has 0 heterocycles. The highest BCUT2D eigenvalue weighted by Gasteiger charge is 2.79. The van der Waals surface area contributed by atoms with Gasteiger partial charge in [0.15, 0.2) is 0 Å². The lowest BCUT2D eigenvalue weighted by Crippen LogP contribution is -2.59. The first-order valence-electron chi connectivity index (χ1n) is 10.8. The summed E-state index contributed by atoms with van der Waals surface area (Å²) in [6.45, 7) is 15.3. The number of hydrogen-bond donors (Lipinski definition) is 0. The third-order valence-electron chi connectivity index (χ3n) is 10.9. The molecular formula is C23H38. The monoisotopic (exact) mass is 314 g/mol. The molecule has 5 aliphatic carbocycles. The molecule has 0 N–H and O–H groups in total. The standard InChI is InChI=1S/C23H38/c1-12(2)13(3)18-9-23(16(18)6)11-20-15(5)21(20)22(23)8-7-17-14(4)19(17)10-22/h12-21H,7-11H2,1-6H3. The fraction of sp³-hybridized carbons (Fsp3) is 1.00. The third-order valence-corrected chi connectivity index (χ3v) is 10.9. The Morgan fingerprint density at radius 2 is 1.48 bits per heavy atom. The summed E-state index contributed by atoms with van der Waals surface area (Å²) in [5.41, 5.74) is 1.56. The zero-order valence-corrected chi connectivity index (χ0v) is 16.3. The van der Waals surface area contributed by atoms with E-state index >= 15 is 0 Å². The second-order valence-electron chi connectivity index (χ2n) is 11.3. The minimum atomic E-state index is 0.774. The Hall–Kier alpha value is 0. The van der Waals surface area contributed by atoms with Crippen molar-refractivity contribution in [2.24, 2.45) is 70.0 Å². The number of fused-ring (bicyclic) bond motifs is 4. The first kappa shape index (κ1) is 15.3.